The maximum absolute atomic E-state index is 11.6. The van der Waals surface area contributed by atoms with E-state index in [4.69, 9.17) is 4.74 Å². The van der Waals surface area contributed by atoms with Crippen LogP contribution in [0.5, 0.6) is 0 Å². The van der Waals surface area contributed by atoms with Crippen molar-refractivity contribution in [1.82, 2.24) is 4.90 Å². The summed E-state index contributed by atoms with van der Waals surface area (Å²) in [5.41, 5.74) is -0.598. The molecule has 1 rings (SSSR count). The first-order valence-electron chi connectivity index (χ1n) is 5.40. The van der Waals surface area contributed by atoms with Crippen molar-refractivity contribution in [3.8, 4) is 0 Å². The van der Waals surface area contributed by atoms with Crippen LogP contribution in [0.15, 0.2) is 12.2 Å². The standard InChI is InChI=1S/C12H19NO3/c1-9(14)13-7-5-6-10(8-13)12(2,3)11(15)16-4/h5-6,10H,7-8H2,1-4H3/t10-/m0/s1. The van der Waals surface area contributed by atoms with Gasteiger partial charge in [-0.15, -0.1) is 0 Å². The van der Waals surface area contributed by atoms with Gasteiger partial charge in [0.1, 0.15) is 0 Å². The van der Waals surface area contributed by atoms with Crippen molar-refractivity contribution in [3.63, 3.8) is 0 Å². The average molecular weight is 225 g/mol. The van der Waals surface area contributed by atoms with E-state index < -0.39 is 5.41 Å². The highest BCUT2D eigenvalue weighted by molar-refractivity contribution is 5.77. The average Bonchev–Trinajstić information content (AvgIpc) is 2.28. The van der Waals surface area contributed by atoms with Gasteiger partial charge in [-0.25, -0.2) is 0 Å². The van der Waals surface area contributed by atoms with Gasteiger partial charge in [-0.2, -0.15) is 0 Å². The van der Waals surface area contributed by atoms with Crippen LogP contribution in [-0.4, -0.2) is 37.0 Å². The number of rotatable bonds is 2. The Labute approximate surface area is 96.3 Å². The molecule has 1 atom stereocenters. The largest absolute Gasteiger partial charge is 0.469 e. The molecule has 90 valence electrons. The minimum absolute atomic E-state index is 0.0117. The lowest BCUT2D eigenvalue weighted by Crippen LogP contribution is -2.44. The van der Waals surface area contributed by atoms with Crippen molar-refractivity contribution >= 4 is 11.9 Å². The molecule has 16 heavy (non-hydrogen) atoms. The molecule has 0 N–H and O–H groups in total. The molecule has 0 saturated heterocycles. The lowest BCUT2D eigenvalue weighted by atomic mass is 9.77. The number of carbonyl (C=O) groups is 2. The first-order chi connectivity index (χ1) is 7.39. The van der Waals surface area contributed by atoms with Crippen molar-refractivity contribution < 1.29 is 14.3 Å². The normalized spacial score (nSPS) is 20.8. The SMILES string of the molecule is COC(=O)C(C)(C)[C@H]1C=CCN(C(C)=O)C1. The third-order valence-electron chi connectivity index (χ3n) is 3.20. The summed E-state index contributed by atoms with van der Waals surface area (Å²) in [4.78, 5) is 24.7. The van der Waals surface area contributed by atoms with Crippen LogP contribution >= 0.6 is 0 Å². The van der Waals surface area contributed by atoms with E-state index in [0.717, 1.165) is 0 Å². The van der Waals surface area contributed by atoms with Gasteiger partial charge in [0, 0.05) is 25.9 Å². The Kier molecular flexibility index (Phi) is 3.73. The fourth-order valence-electron chi connectivity index (χ4n) is 1.87. The van der Waals surface area contributed by atoms with Crippen molar-refractivity contribution in [1.29, 1.82) is 0 Å². The Bertz CT molecular complexity index is 320. The Morgan fingerprint density at radius 3 is 2.56 bits per heavy atom. The van der Waals surface area contributed by atoms with E-state index in [1.54, 1.807) is 11.8 Å². The van der Waals surface area contributed by atoms with E-state index in [2.05, 4.69) is 0 Å². The van der Waals surface area contributed by atoms with Crippen molar-refractivity contribution in [2.45, 2.75) is 20.8 Å². The molecule has 1 amide bonds. The van der Waals surface area contributed by atoms with Crippen LogP contribution in [0.2, 0.25) is 0 Å². The highest BCUT2D eigenvalue weighted by Crippen LogP contribution is 2.31. The Morgan fingerprint density at radius 1 is 1.44 bits per heavy atom. The summed E-state index contributed by atoms with van der Waals surface area (Å²) in [5.74, 6) is -0.194. The second kappa shape index (κ2) is 4.68. The van der Waals surface area contributed by atoms with Crippen LogP contribution in [0.4, 0.5) is 0 Å². The van der Waals surface area contributed by atoms with Crippen LogP contribution in [0.25, 0.3) is 0 Å². The molecule has 0 aromatic heterocycles. The minimum atomic E-state index is -0.598. The molecular formula is C12H19NO3. The van der Waals surface area contributed by atoms with Crippen LogP contribution in [0.1, 0.15) is 20.8 Å². The number of ether oxygens (including phenoxy) is 1. The number of hydrogen-bond donors (Lipinski definition) is 0. The molecular weight excluding hydrogens is 206 g/mol. The fourth-order valence-corrected chi connectivity index (χ4v) is 1.87. The van der Waals surface area contributed by atoms with Crippen LogP contribution in [-0.2, 0) is 14.3 Å². The predicted octanol–water partition coefficient (Wildman–Crippen LogP) is 1.22. The lowest BCUT2D eigenvalue weighted by Gasteiger charge is -2.36. The van der Waals surface area contributed by atoms with Crippen molar-refractivity contribution in [3.05, 3.63) is 12.2 Å². The summed E-state index contributed by atoms with van der Waals surface area (Å²) >= 11 is 0. The Morgan fingerprint density at radius 2 is 2.06 bits per heavy atom. The molecule has 0 aromatic rings. The summed E-state index contributed by atoms with van der Waals surface area (Å²) in [7, 11) is 1.39. The van der Waals surface area contributed by atoms with Crippen LogP contribution in [0, 0.1) is 11.3 Å². The predicted molar refractivity (Wildman–Crippen MR) is 60.7 cm³/mol. The summed E-state index contributed by atoms with van der Waals surface area (Å²) in [5, 5.41) is 0. The number of esters is 1. The van der Waals surface area contributed by atoms with Gasteiger partial charge in [0.15, 0.2) is 0 Å². The first kappa shape index (κ1) is 12.7. The summed E-state index contributed by atoms with van der Waals surface area (Å²) in [6.07, 6.45) is 3.93. The van der Waals surface area contributed by atoms with Gasteiger partial charge in [0.05, 0.1) is 12.5 Å². The van der Waals surface area contributed by atoms with Gasteiger partial charge < -0.3 is 9.64 Å². The maximum Gasteiger partial charge on any atom is 0.311 e. The Balaban J connectivity index is 2.81. The molecule has 0 radical (unpaired) electrons. The van der Waals surface area contributed by atoms with E-state index in [1.165, 1.54) is 7.11 Å². The van der Waals surface area contributed by atoms with Gasteiger partial charge in [-0.3, -0.25) is 9.59 Å². The minimum Gasteiger partial charge on any atom is -0.469 e. The van der Waals surface area contributed by atoms with E-state index in [9.17, 15) is 9.59 Å². The molecule has 0 saturated carbocycles. The molecule has 4 heteroatoms. The van der Waals surface area contributed by atoms with E-state index >= 15 is 0 Å². The zero-order valence-corrected chi connectivity index (χ0v) is 10.3. The molecule has 0 fully saturated rings. The molecule has 0 aliphatic carbocycles. The zero-order chi connectivity index (χ0) is 12.3. The quantitative estimate of drug-likeness (QED) is 0.524. The highest BCUT2D eigenvalue weighted by Gasteiger charge is 2.38. The monoisotopic (exact) mass is 225 g/mol. The molecule has 1 aliphatic heterocycles. The third-order valence-corrected chi connectivity index (χ3v) is 3.20. The summed E-state index contributed by atoms with van der Waals surface area (Å²) in [6.45, 7) is 6.44. The van der Waals surface area contributed by atoms with Gasteiger partial charge in [0.25, 0.3) is 0 Å². The zero-order valence-electron chi connectivity index (χ0n) is 10.3. The number of amides is 1. The second-order valence-electron chi connectivity index (χ2n) is 4.67. The molecule has 0 aromatic carbocycles. The van der Waals surface area contributed by atoms with Crippen molar-refractivity contribution in [2.24, 2.45) is 11.3 Å². The molecule has 0 unspecified atom stereocenters. The Hall–Kier alpha value is -1.32. The first-order valence-corrected chi connectivity index (χ1v) is 5.40. The maximum atomic E-state index is 11.6. The number of methoxy groups -OCH3 is 1. The topological polar surface area (TPSA) is 46.6 Å². The van der Waals surface area contributed by atoms with Crippen LogP contribution in [0.3, 0.4) is 0 Å². The number of carbonyl (C=O) groups excluding carboxylic acids is 2. The van der Waals surface area contributed by atoms with Gasteiger partial charge in [0.2, 0.25) is 5.91 Å². The second-order valence-corrected chi connectivity index (χ2v) is 4.67. The lowest BCUT2D eigenvalue weighted by molar-refractivity contribution is -0.154. The number of hydrogen-bond acceptors (Lipinski definition) is 3. The van der Waals surface area contributed by atoms with E-state index in [0.29, 0.717) is 13.1 Å². The van der Waals surface area contributed by atoms with Gasteiger partial charge in [-0.05, 0) is 13.8 Å². The van der Waals surface area contributed by atoms with Gasteiger partial charge >= 0.3 is 5.97 Å². The molecule has 4 nitrogen and oxygen atoms in total. The number of nitrogens with zero attached hydrogens (tertiary/aromatic N) is 1. The van der Waals surface area contributed by atoms with E-state index in [-0.39, 0.29) is 17.8 Å². The summed E-state index contributed by atoms with van der Waals surface area (Å²) in [6, 6.07) is 0. The van der Waals surface area contributed by atoms with Gasteiger partial charge in [-0.1, -0.05) is 12.2 Å². The third kappa shape index (κ3) is 2.43. The smallest absolute Gasteiger partial charge is 0.311 e. The highest BCUT2D eigenvalue weighted by atomic mass is 16.5. The molecule has 0 bridgehead atoms. The van der Waals surface area contributed by atoms with E-state index in [1.807, 2.05) is 26.0 Å². The molecule has 1 aliphatic rings. The summed E-state index contributed by atoms with van der Waals surface area (Å²) < 4.78 is 4.79. The molecule has 1 heterocycles. The van der Waals surface area contributed by atoms with Crippen molar-refractivity contribution in [2.75, 3.05) is 20.2 Å². The van der Waals surface area contributed by atoms with Crippen LogP contribution < -0.4 is 0 Å². The fraction of sp³-hybridized carbons (Fsp3) is 0.667. The molecule has 0 spiro atoms.